The van der Waals surface area contributed by atoms with Crippen LogP contribution in [0.5, 0.6) is 5.88 Å². The Bertz CT molecular complexity index is 193. The fourth-order valence-electron chi connectivity index (χ4n) is 0.341. The van der Waals surface area contributed by atoms with Gasteiger partial charge in [0.15, 0.2) is 0 Å². The largest absolute Gasteiger partial charge is 0.574 e. The molecule has 0 unspecified atom stereocenters. The van der Waals surface area contributed by atoms with Crippen molar-refractivity contribution in [1.29, 1.82) is 0 Å². The molecule has 0 spiro atoms. The number of alkyl halides is 3. The molecule has 1 radical (unpaired) electrons. The minimum absolute atomic E-state index is 0.646. The molecule has 10 heavy (non-hydrogen) atoms. The first-order valence-electron chi connectivity index (χ1n) is 2.16. The van der Waals surface area contributed by atoms with Crippen molar-refractivity contribution in [2.75, 3.05) is 0 Å². The van der Waals surface area contributed by atoms with Crippen molar-refractivity contribution >= 4 is 0 Å². The van der Waals surface area contributed by atoms with Crippen LogP contribution < -0.4 is 4.74 Å². The van der Waals surface area contributed by atoms with Crippen LogP contribution in [-0.2, 0) is 0 Å². The van der Waals surface area contributed by atoms with E-state index in [-0.39, 0.29) is 0 Å². The Kier molecular flexibility index (Phi) is 1.52. The zero-order valence-corrected chi connectivity index (χ0v) is 4.47. The minimum atomic E-state index is -4.72. The van der Waals surface area contributed by atoms with Crippen molar-refractivity contribution < 1.29 is 22.4 Å². The van der Waals surface area contributed by atoms with Gasteiger partial charge in [0.1, 0.15) is 0 Å². The normalized spacial score (nSPS) is 11.5. The second kappa shape index (κ2) is 2.20. The Hall–Kier alpha value is -1.20. The van der Waals surface area contributed by atoms with Crippen LogP contribution in [0.3, 0.4) is 0 Å². The summed E-state index contributed by atoms with van der Waals surface area (Å²) in [5.74, 6) is -0.646. The Balaban J connectivity index is 2.57. The van der Waals surface area contributed by atoms with Gasteiger partial charge >= 0.3 is 6.36 Å². The average Bonchev–Trinajstić information content (AvgIpc) is 2.12. The number of rotatable bonds is 1. The highest BCUT2D eigenvalue weighted by molar-refractivity contribution is 5.01. The van der Waals surface area contributed by atoms with Crippen molar-refractivity contribution in [2.24, 2.45) is 0 Å². The van der Waals surface area contributed by atoms with E-state index in [0.717, 1.165) is 6.07 Å². The molecule has 0 atom stereocenters. The molecule has 0 saturated heterocycles. The van der Waals surface area contributed by atoms with Crippen molar-refractivity contribution in [3.63, 3.8) is 0 Å². The summed E-state index contributed by atoms with van der Waals surface area (Å²) in [6, 6.07) is 0.841. The highest BCUT2D eigenvalue weighted by atomic mass is 19.4. The summed E-state index contributed by atoms with van der Waals surface area (Å²) in [5, 5.41) is 2.83. The van der Waals surface area contributed by atoms with Gasteiger partial charge in [-0.1, -0.05) is 0 Å². The van der Waals surface area contributed by atoms with Crippen LogP contribution >= 0.6 is 0 Å². The fraction of sp³-hybridized carbons (Fsp3) is 0.250. The Morgan fingerprint density at radius 2 is 2.30 bits per heavy atom. The quantitative estimate of drug-likeness (QED) is 0.609. The van der Waals surface area contributed by atoms with Crippen LogP contribution in [0.15, 0.2) is 10.6 Å². The van der Waals surface area contributed by atoms with E-state index in [1.807, 2.05) is 6.26 Å². The van der Waals surface area contributed by atoms with Gasteiger partial charge in [-0.25, -0.2) is 0 Å². The molecule has 0 aliphatic heterocycles. The lowest BCUT2D eigenvalue weighted by Gasteiger charge is -2.02. The predicted molar refractivity (Wildman–Crippen MR) is 22.0 cm³/mol. The average molecular weight is 152 g/mol. The molecular weight excluding hydrogens is 151 g/mol. The van der Waals surface area contributed by atoms with Crippen LogP contribution in [0.25, 0.3) is 0 Å². The zero-order chi connectivity index (χ0) is 7.61. The smallest absolute Gasteiger partial charge is 0.384 e. The molecule has 1 rings (SSSR count). The molecule has 55 valence electrons. The molecular formula is C4HF3NO2. The predicted octanol–water partition coefficient (Wildman–Crippen LogP) is 1.37. The Labute approximate surface area is 53.4 Å². The first-order chi connectivity index (χ1) is 4.58. The van der Waals surface area contributed by atoms with Gasteiger partial charge < -0.3 is 9.26 Å². The maximum Gasteiger partial charge on any atom is 0.574 e. The minimum Gasteiger partial charge on any atom is -0.384 e. The summed E-state index contributed by atoms with van der Waals surface area (Å²) >= 11 is 0. The third kappa shape index (κ3) is 1.96. The first kappa shape index (κ1) is 6.91. The second-order valence-electron chi connectivity index (χ2n) is 1.33. The molecule has 0 amide bonds. The number of aromatic nitrogens is 1. The molecule has 0 aliphatic carbocycles. The van der Waals surface area contributed by atoms with Crippen LogP contribution in [0, 0.1) is 6.26 Å². The Morgan fingerprint density at radius 3 is 2.70 bits per heavy atom. The third-order valence-electron chi connectivity index (χ3n) is 0.591. The van der Waals surface area contributed by atoms with Crippen molar-refractivity contribution in [2.45, 2.75) is 6.36 Å². The van der Waals surface area contributed by atoms with Gasteiger partial charge in [-0.2, -0.15) is 0 Å². The van der Waals surface area contributed by atoms with E-state index >= 15 is 0 Å². The van der Waals surface area contributed by atoms with Crippen LogP contribution in [0.1, 0.15) is 0 Å². The maximum atomic E-state index is 11.3. The molecule has 1 aromatic rings. The van der Waals surface area contributed by atoms with E-state index < -0.39 is 12.2 Å². The van der Waals surface area contributed by atoms with Gasteiger partial charge in [0.05, 0.1) is 6.07 Å². The van der Waals surface area contributed by atoms with Crippen LogP contribution in [-0.4, -0.2) is 11.5 Å². The van der Waals surface area contributed by atoms with Crippen molar-refractivity contribution in [1.82, 2.24) is 5.16 Å². The second-order valence-corrected chi connectivity index (χ2v) is 1.33. The molecule has 6 heteroatoms. The number of nitrogens with zero attached hydrogens (tertiary/aromatic N) is 1. The van der Waals surface area contributed by atoms with E-state index in [0.29, 0.717) is 0 Å². The fourth-order valence-corrected chi connectivity index (χ4v) is 0.341. The third-order valence-corrected chi connectivity index (χ3v) is 0.591. The SMILES string of the molecule is FC(F)(F)Oc1c[c]on1. The van der Waals surface area contributed by atoms with Gasteiger partial charge in [-0.3, -0.25) is 0 Å². The number of hydrogen-bond acceptors (Lipinski definition) is 3. The van der Waals surface area contributed by atoms with E-state index in [1.165, 1.54) is 0 Å². The van der Waals surface area contributed by atoms with Gasteiger partial charge in [0.25, 0.3) is 5.88 Å². The molecule has 1 aromatic heterocycles. The lowest BCUT2D eigenvalue weighted by Crippen LogP contribution is -2.17. The van der Waals surface area contributed by atoms with Crippen LogP contribution in [0.4, 0.5) is 13.2 Å². The van der Waals surface area contributed by atoms with Gasteiger partial charge in [-0.15, -0.1) is 13.2 Å². The zero-order valence-electron chi connectivity index (χ0n) is 4.47. The van der Waals surface area contributed by atoms with Gasteiger partial charge in [-0.05, 0) is 5.16 Å². The van der Waals surface area contributed by atoms with Gasteiger partial charge in [0.2, 0.25) is 6.26 Å². The topological polar surface area (TPSA) is 35.3 Å². The number of ether oxygens (including phenoxy) is 1. The molecule has 0 aromatic carbocycles. The molecule has 0 fully saturated rings. The molecule has 0 aliphatic rings. The van der Waals surface area contributed by atoms with E-state index in [4.69, 9.17) is 0 Å². The van der Waals surface area contributed by atoms with E-state index in [9.17, 15) is 13.2 Å². The summed E-state index contributed by atoms with van der Waals surface area (Å²) in [5.41, 5.74) is 0. The highest BCUT2D eigenvalue weighted by Gasteiger charge is 2.32. The molecule has 0 N–H and O–H groups in total. The van der Waals surface area contributed by atoms with Crippen molar-refractivity contribution in [3.05, 3.63) is 12.3 Å². The van der Waals surface area contributed by atoms with Gasteiger partial charge in [0, 0.05) is 0 Å². The first-order valence-corrected chi connectivity index (χ1v) is 2.16. The molecule has 1 heterocycles. The maximum absolute atomic E-state index is 11.3. The summed E-state index contributed by atoms with van der Waals surface area (Å²) in [6.07, 6.45) is -2.78. The van der Waals surface area contributed by atoms with E-state index in [1.54, 1.807) is 0 Å². The van der Waals surface area contributed by atoms with E-state index in [2.05, 4.69) is 14.4 Å². The number of hydrogen-bond donors (Lipinski definition) is 0. The molecule has 3 nitrogen and oxygen atoms in total. The van der Waals surface area contributed by atoms with Crippen LogP contribution in [0.2, 0.25) is 0 Å². The Morgan fingerprint density at radius 1 is 1.60 bits per heavy atom. The lowest BCUT2D eigenvalue weighted by atomic mass is 10.7. The highest BCUT2D eigenvalue weighted by Crippen LogP contribution is 2.19. The summed E-state index contributed by atoms with van der Waals surface area (Å²) in [6.45, 7) is 0. The standard InChI is InChI=1S/C4HF3NO2/c5-4(6,7)10-3-1-2-9-8-3/h1H. The monoisotopic (exact) mass is 152 g/mol. The summed E-state index contributed by atoms with van der Waals surface area (Å²) < 4.78 is 41.2. The lowest BCUT2D eigenvalue weighted by molar-refractivity contribution is -0.276. The summed E-state index contributed by atoms with van der Waals surface area (Å²) in [4.78, 5) is 0. The molecule has 0 bridgehead atoms. The summed E-state index contributed by atoms with van der Waals surface area (Å²) in [7, 11) is 0. The molecule has 0 saturated carbocycles. The van der Waals surface area contributed by atoms with Crippen molar-refractivity contribution in [3.8, 4) is 5.88 Å². The number of halogens is 3.